The van der Waals surface area contributed by atoms with E-state index >= 15 is 4.39 Å². The van der Waals surface area contributed by atoms with E-state index in [1.54, 1.807) is 34.6 Å². The van der Waals surface area contributed by atoms with Gasteiger partial charge in [-0.05, 0) is 62.0 Å². The molecule has 11 heteroatoms. The van der Waals surface area contributed by atoms with E-state index in [1.807, 2.05) is 36.4 Å². The summed E-state index contributed by atoms with van der Waals surface area (Å²) in [7, 11) is 4.36. The Labute approximate surface area is 295 Å². The second-order valence-electron chi connectivity index (χ2n) is 13.1. The molecule has 2 aromatic heterocycles. The van der Waals surface area contributed by atoms with E-state index in [2.05, 4.69) is 63.4 Å². The number of halogens is 1. The minimum atomic E-state index is -0.831. The van der Waals surface area contributed by atoms with Crippen LogP contribution in [0.1, 0.15) is 12.0 Å². The number of nitrogens with one attached hydrogen (secondary N) is 1. The first-order valence-corrected chi connectivity index (χ1v) is 17.8. The number of thiophene rings is 1. The summed E-state index contributed by atoms with van der Waals surface area (Å²) >= 11 is 1.55. The van der Waals surface area contributed by atoms with Crippen molar-refractivity contribution in [2.75, 3.05) is 70.1 Å². The van der Waals surface area contributed by atoms with Gasteiger partial charge in [-0.1, -0.05) is 42.5 Å². The molecule has 1 N–H and O–H groups in total. The predicted molar refractivity (Wildman–Crippen MR) is 197 cm³/mol. The van der Waals surface area contributed by atoms with Crippen molar-refractivity contribution in [3.63, 3.8) is 0 Å². The summed E-state index contributed by atoms with van der Waals surface area (Å²) in [5.41, 5.74) is 4.13. The van der Waals surface area contributed by atoms with Crippen LogP contribution in [0.2, 0.25) is 0 Å². The largest absolute Gasteiger partial charge is 0.453 e. The van der Waals surface area contributed by atoms with Crippen molar-refractivity contribution in [3.8, 4) is 21.9 Å². The van der Waals surface area contributed by atoms with E-state index in [-0.39, 0.29) is 17.3 Å². The first-order valence-electron chi connectivity index (χ1n) is 17.0. The Hall–Kier alpha value is -4.68. The Morgan fingerprint density at radius 2 is 1.76 bits per heavy atom. The van der Waals surface area contributed by atoms with Gasteiger partial charge in [-0.25, -0.2) is 4.39 Å². The van der Waals surface area contributed by atoms with Crippen LogP contribution < -0.4 is 15.0 Å². The van der Waals surface area contributed by atoms with Crippen molar-refractivity contribution in [1.82, 2.24) is 19.7 Å². The summed E-state index contributed by atoms with van der Waals surface area (Å²) in [6.07, 6.45) is 2.04. The number of rotatable bonds is 11. The number of carbonyl (C=O) groups is 2. The number of hydrogen-bond acceptors (Lipinski definition) is 8. The first kappa shape index (κ1) is 33.8. The number of pyridine rings is 1. The molecule has 7 rings (SSSR count). The quantitative estimate of drug-likeness (QED) is 0.157. The van der Waals surface area contributed by atoms with Gasteiger partial charge in [0, 0.05) is 86.9 Å². The second kappa shape index (κ2) is 15.1. The lowest BCUT2D eigenvalue weighted by atomic mass is 10.1. The zero-order valence-electron chi connectivity index (χ0n) is 28.3. The molecule has 2 aliphatic rings. The number of likely N-dealkylation sites (N-methyl/N-ethyl adjacent to an activating group) is 2. The fraction of sp³-hybridized carbons (Fsp3) is 0.308. The van der Waals surface area contributed by atoms with Crippen LogP contribution >= 0.6 is 11.3 Å². The summed E-state index contributed by atoms with van der Waals surface area (Å²) in [5, 5.41) is 2.71. The summed E-state index contributed by atoms with van der Waals surface area (Å²) in [4.78, 5) is 40.4. The zero-order chi connectivity index (χ0) is 34.6. The second-order valence-corrected chi connectivity index (χ2v) is 14.2. The van der Waals surface area contributed by atoms with Gasteiger partial charge in [-0.15, -0.1) is 11.3 Å². The monoisotopic (exact) mass is 692 g/mol. The van der Waals surface area contributed by atoms with Crippen molar-refractivity contribution >= 4 is 44.7 Å². The molecule has 1 atom stereocenters. The Kier molecular flexibility index (Phi) is 10.2. The van der Waals surface area contributed by atoms with Gasteiger partial charge in [0.15, 0.2) is 11.6 Å². The molecule has 2 fully saturated rings. The maximum absolute atomic E-state index is 15.3. The minimum absolute atomic E-state index is 0.0266. The molecule has 3 aromatic carbocycles. The topological polar surface area (TPSA) is 81.2 Å². The molecule has 50 heavy (non-hydrogen) atoms. The summed E-state index contributed by atoms with van der Waals surface area (Å²) < 4.78 is 22.2. The van der Waals surface area contributed by atoms with E-state index < -0.39 is 17.6 Å². The van der Waals surface area contributed by atoms with Gasteiger partial charge in [0.1, 0.15) is 11.7 Å². The maximum Gasteiger partial charge on any atom is 0.239 e. The fourth-order valence-electron chi connectivity index (χ4n) is 6.48. The van der Waals surface area contributed by atoms with Gasteiger partial charge in [0.05, 0.1) is 10.2 Å². The van der Waals surface area contributed by atoms with Crippen LogP contribution in [-0.4, -0.2) is 91.4 Å². The average molecular weight is 693 g/mol. The number of aromatic nitrogens is 1. The highest BCUT2D eigenvalue weighted by atomic mass is 32.1. The maximum atomic E-state index is 15.3. The standard InChI is InChI=1S/C39H41FN6O3S/c1-43-18-21-45(22-19-43)23-20-44(2)26-27-8-10-28(11-9-27)36-25-33-37(50-36)35(14-16-41-33)49-34-13-12-29(24-32(34)40)42-38(47)31-15-17-46(39(31)48)30-6-4-3-5-7-30/h3-14,16,24-25,31H,15,17-23,26H2,1-2H3,(H,42,47). The number of para-hydroxylation sites is 1. The number of anilines is 2. The smallest absolute Gasteiger partial charge is 0.239 e. The zero-order valence-corrected chi connectivity index (χ0v) is 29.2. The number of amides is 2. The molecule has 2 aliphatic heterocycles. The van der Waals surface area contributed by atoms with Crippen LogP contribution in [0.15, 0.2) is 91.1 Å². The highest BCUT2D eigenvalue weighted by molar-refractivity contribution is 7.22. The lowest BCUT2D eigenvalue weighted by Gasteiger charge is -2.33. The third-order valence-corrected chi connectivity index (χ3v) is 10.7. The molecule has 0 spiro atoms. The van der Waals surface area contributed by atoms with Gasteiger partial charge < -0.3 is 24.8 Å². The number of hydrogen-bond donors (Lipinski definition) is 1. The van der Waals surface area contributed by atoms with Crippen LogP contribution in [0, 0.1) is 11.7 Å². The molecule has 5 aromatic rings. The molecule has 2 saturated heterocycles. The Morgan fingerprint density at radius 3 is 2.52 bits per heavy atom. The van der Waals surface area contributed by atoms with Crippen molar-refractivity contribution in [1.29, 1.82) is 0 Å². The van der Waals surface area contributed by atoms with Crippen LogP contribution in [0.25, 0.3) is 20.7 Å². The molecule has 0 radical (unpaired) electrons. The number of ether oxygens (including phenoxy) is 1. The van der Waals surface area contributed by atoms with Gasteiger partial charge in [0.2, 0.25) is 11.8 Å². The lowest BCUT2D eigenvalue weighted by Crippen LogP contribution is -2.46. The van der Waals surface area contributed by atoms with Crippen LogP contribution in [-0.2, 0) is 16.1 Å². The Balaban J connectivity index is 0.968. The Bertz CT molecular complexity index is 1960. The SMILES string of the molecule is CN1CCN(CCN(C)Cc2ccc(-c3cc4nccc(Oc5ccc(NC(=O)C6CCN(c7ccccc7)C6=O)cc5F)c4s3)cc2)CC1. The molecule has 258 valence electrons. The van der Waals surface area contributed by atoms with E-state index in [0.717, 1.165) is 72.2 Å². The summed E-state index contributed by atoms with van der Waals surface area (Å²) in [5.74, 6) is -1.65. The molecule has 0 bridgehead atoms. The molecule has 9 nitrogen and oxygen atoms in total. The number of carbonyl (C=O) groups excluding carboxylic acids is 2. The van der Waals surface area contributed by atoms with Crippen molar-refractivity contribution in [3.05, 3.63) is 103 Å². The van der Waals surface area contributed by atoms with Crippen molar-refractivity contribution in [2.45, 2.75) is 13.0 Å². The van der Waals surface area contributed by atoms with E-state index in [9.17, 15) is 9.59 Å². The van der Waals surface area contributed by atoms with E-state index in [1.165, 1.54) is 17.7 Å². The van der Waals surface area contributed by atoms with Crippen LogP contribution in [0.3, 0.4) is 0 Å². The lowest BCUT2D eigenvalue weighted by molar-refractivity contribution is -0.129. The fourth-order valence-corrected chi connectivity index (χ4v) is 7.55. The molecular formula is C39H41FN6O3S. The van der Waals surface area contributed by atoms with E-state index in [4.69, 9.17) is 4.74 Å². The van der Waals surface area contributed by atoms with Gasteiger partial charge in [-0.2, -0.15) is 0 Å². The number of piperazine rings is 1. The molecule has 1 unspecified atom stereocenters. The highest BCUT2D eigenvalue weighted by Crippen LogP contribution is 2.40. The molecule has 2 amide bonds. The van der Waals surface area contributed by atoms with E-state index in [0.29, 0.717) is 18.7 Å². The molecule has 0 aliphatic carbocycles. The average Bonchev–Trinajstić information content (AvgIpc) is 3.74. The molecular weight excluding hydrogens is 652 g/mol. The number of fused-ring (bicyclic) bond motifs is 1. The number of benzene rings is 3. The highest BCUT2D eigenvalue weighted by Gasteiger charge is 2.37. The first-order chi connectivity index (χ1) is 24.3. The third kappa shape index (κ3) is 7.71. The van der Waals surface area contributed by atoms with Gasteiger partial charge in [-0.3, -0.25) is 19.5 Å². The van der Waals surface area contributed by atoms with Gasteiger partial charge >= 0.3 is 0 Å². The van der Waals surface area contributed by atoms with Crippen molar-refractivity contribution < 1.29 is 18.7 Å². The molecule has 4 heterocycles. The van der Waals surface area contributed by atoms with Crippen LogP contribution in [0.5, 0.6) is 11.5 Å². The predicted octanol–water partition coefficient (Wildman–Crippen LogP) is 6.57. The summed E-state index contributed by atoms with van der Waals surface area (Å²) in [6.45, 7) is 8.00. The van der Waals surface area contributed by atoms with Gasteiger partial charge in [0.25, 0.3) is 0 Å². The normalized spacial score (nSPS) is 17.2. The number of nitrogens with zero attached hydrogens (tertiary/aromatic N) is 5. The minimum Gasteiger partial charge on any atom is -0.453 e. The third-order valence-electron chi connectivity index (χ3n) is 9.47. The van der Waals surface area contributed by atoms with Crippen molar-refractivity contribution in [2.24, 2.45) is 5.92 Å². The summed E-state index contributed by atoms with van der Waals surface area (Å²) in [6, 6.07) is 25.9. The molecule has 0 saturated carbocycles. The Morgan fingerprint density at radius 1 is 0.980 bits per heavy atom. The van der Waals surface area contributed by atoms with Crippen LogP contribution in [0.4, 0.5) is 15.8 Å².